The highest BCUT2D eigenvalue weighted by Gasteiger charge is 2.38. The Hall–Kier alpha value is -1.95. The van der Waals surface area contributed by atoms with Crippen LogP contribution in [0.4, 0.5) is 22.0 Å². The van der Waals surface area contributed by atoms with Gasteiger partial charge in [-0.2, -0.15) is 8.78 Å². The van der Waals surface area contributed by atoms with Crippen LogP contribution in [-0.4, -0.2) is 6.61 Å². The quantitative estimate of drug-likeness (QED) is 0.210. The fourth-order valence-corrected chi connectivity index (χ4v) is 5.14. The second-order valence-corrected chi connectivity index (χ2v) is 9.83. The number of aryl methyl sites for hydroxylation is 1. The first-order chi connectivity index (χ1) is 16.8. The Bertz CT molecular complexity index is 950. The van der Waals surface area contributed by atoms with E-state index in [2.05, 4.69) is 11.7 Å². The van der Waals surface area contributed by atoms with Crippen LogP contribution >= 0.6 is 0 Å². The first kappa shape index (κ1) is 27.6. The van der Waals surface area contributed by atoms with Crippen LogP contribution in [0.15, 0.2) is 30.3 Å². The molecule has 0 atom stereocenters. The van der Waals surface area contributed by atoms with Gasteiger partial charge in [-0.3, -0.25) is 0 Å². The molecule has 194 valence electrons. The molecule has 1 nitrogen and oxygen atoms in total. The highest BCUT2D eigenvalue weighted by atomic mass is 19.3. The summed E-state index contributed by atoms with van der Waals surface area (Å²) in [6, 6.07) is 6.84. The van der Waals surface area contributed by atoms with Crippen molar-refractivity contribution < 1.29 is 26.7 Å². The third kappa shape index (κ3) is 7.28. The number of alkyl halides is 2. The minimum Gasteiger partial charge on any atom is -0.316 e. The molecule has 0 amide bonds. The Labute approximate surface area is 206 Å². The molecule has 3 rings (SSSR count). The van der Waals surface area contributed by atoms with Crippen LogP contribution in [0.1, 0.15) is 99.8 Å². The highest BCUT2D eigenvalue weighted by molar-refractivity contribution is 5.31. The minimum atomic E-state index is -3.99. The van der Waals surface area contributed by atoms with Gasteiger partial charge in [0.05, 0.1) is 12.2 Å². The van der Waals surface area contributed by atoms with Crippen LogP contribution in [0.25, 0.3) is 0 Å². The van der Waals surface area contributed by atoms with E-state index in [1.807, 2.05) is 6.92 Å². The van der Waals surface area contributed by atoms with Gasteiger partial charge in [0.25, 0.3) is 0 Å². The van der Waals surface area contributed by atoms with Crippen LogP contribution in [0.3, 0.4) is 0 Å². The monoisotopic (exact) mass is 496 g/mol. The zero-order valence-electron chi connectivity index (χ0n) is 20.8. The van der Waals surface area contributed by atoms with Crippen LogP contribution < -0.4 is 0 Å². The number of benzene rings is 2. The van der Waals surface area contributed by atoms with Gasteiger partial charge in [-0.25, -0.2) is 13.2 Å². The third-order valence-electron chi connectivity index (χ3n) is 7.24. The van der Waals surface area contributed by atoms with Crippen molar-refractivity contribution in [3.63, 3.8) is 0 Å². The number of hydrogen-bond donors (Lipinski definition) is 0. The van der Waals surface area contributed by atoms with Gasteiger partial charge in [-0.05, 0) is 79.2 Å². The molecule has 0 radical (unpaired) electrons. The highest BCUT2D eigenvalue weighted by Crippen LogP contribution is 2.41. The van der Waals surface area contributed by atoms with Crippen LogP contribution in [0.2, 0.25) is 0 Å². The van der Waals surface area contributed by atoms with Gasteiger partial charge < -0.3 is 4.74 Å². The third-order valence-corrected chi connectivity index (χ3v) is 7.24. The molecule has 0 aliphatic heterocycles. The molecule has 1 saturated carbocycles. The summed E-state index contributed by atoms with van der Waals surface area (Å²) in [5, 5.41) is 0. The van der Waals surface area contributed by atoms with Crippen molar-refractivity contribution in [1.29, 1.82) is 0 Å². The van der Waals surface area contributed by atoms with Crippen molar-refractivity contribution in [2.45, 2.75) is 96.5 Å². The van der Waals surface area contributed by atoms with Gasteiger partial charge in [0.2, 0.25) is 0 Å². The van der Waals surface area contributed by atoms with Crippen molar-refractivity contribution >= 4 is 0 Å². The Balaban J connectivity index is 1.59. The molecule has 6 heteroatoms. The smallest absolute Gasteiger partial charge is 0.316 e. The molecular weight excluding hydrogens is 459 g/mol. The maximum absolute atomic E-state index is 14.8. The molecular formula is C29H37F5O. The Morgan fingerprint density at radius 1 is 0.857 bits per heavy atom. The number of ether oxygens (including phenoxy) is 1. The molecule has 1 aliphatic carbocycles. The van der Waals surface area contributed by atoms with E-state index in [4.69, 9.17) is 0 Å². The lowest BCUT2D eigenvalue weighted by atomic mass is 9.76. The van der Waals surface area contributed by atoms with Crippen LogP contribution in [-0.2, 0) is 23.7 Å². The zero-order chi connectivity index (χ0) is 25.4. The minimum absolute atomic E-state index is 0.0304. The van der Waals surface area contributed by atoms with Crippen molar-refractivity contribution in [2.75, 3.05) is 6.61 Å². The molecule has 0 saturated heterocycles. The molecule has 1 aliphatic rings. The predicted molar refractivity (Wildman–Crippen MR) is 129 cm³/mol. The summed E-state index contributed by atoms with van der Waals surface area (Å²) >= 11 is 0. The molecule has 0 unspecified atom stereocenters. The van der Waals surface area contributed by atoms with Gasteiger partial charge in [0, 0.05) is 0 Å². The molecule has 2 aromatic rings. The zero-order valence-corrected chi connectivity index (χ0v) is 20.8. The Morgan fingerprint density at radius 2 is 1.60 bits per heavy atom. The molecule has 2 aromatic carbocycles. The first-order valence-electron chi connectivity index (χ1n) is 13.0. The molecule has 1 fully saturated rings. The summed E-state index contributed by atoms with van der Waals surface area (Å²) in [5.41, 5.74) is 0.156. The first-order valence-corrected chi connectivity index (χ1v) is 13.0. The summed E-state index contributed by atoms with van der Waals surface area (Å²) < 4.78 is 77.5. The second-order valence-electron chi connectivity index (χ2n) is 9.83. The standard InChI is InChI=1S/C29H37F5O/c1-3-5-6-8-20-9-12-22(13-10-20)24-15-16-25(28(32)27(24)31)29(33,34)35-18-17-21-11-14-23(7-4-2)26(30)19-21/h11,14-16,19-20,22H,3-10,12-13,17-18H2,1-2H3/t20-,22-. The average Bonchev–Trinajstić information content (AvgIpc) is 2.83. The van der Waals surface area contributed by atoms with Crippen molar-refractivity contribution in [2.24, 2.45) is 5.92 Å². The Morgan fingerprint density at radius 3 is 2.26 bits per heavy atom. The lowest BCUT2D eigenvalue weighted by Gasteiger charge is -2.29. The maximum Gasteiger partial charge on any atom is 0.386 e. The van der Waals surface area contributed by atoms with Gasteiger partial charge in [-0.15, -0.1) is 0 Å². The summed E-state index contributed by atoms with van der Waals surface area (Å²) in [7, 11) is 0. The fraction of sp³-hybridized carbons (Fsp3) is 0.586. The van der Waals surface area contributed by atoms with E-state index < -0.39 is 29.9 Å². The summed E-state index contributed by atoms with van der Waals surface area (Å²) in [4.78, 5) is 0. The van der Waals surface area contributed by atoms with Crippen molar-refractivity contribution in [3.05, 3.63) is 70.0 Å². The van der Waals surface area contributed by atoms with Crippen molar-refractivity contribution in [3.8, 4) is 0 Å². The number of halogens is 5. The van der Waals surface area contributed by atoms with Gasteiger partial charge in [0.1, 0.15) is 5.82 Å². The molecule has 0 spiro atoms. The fourth-order valence-electron chi connectivity index (χ4n) is 5.14. The van der Waals surface area contributed by atoms with Gasteiger partial charge >= 0.3 is 6.11 Å². The topological polar surface area (TPSA) is 9.23 Å². The lowest BCUT2D eigenvalue weighted by Crippen LogP contribution is -2.23. The SMILES string of the molecule is CCCCC[C@H]1CC[C@H](c2ccc(C(F)(F)OCCc3ccc(CCC)c(F)c3)c(F)c2F)CC1. The molecule has 35 heavy (non-hydrogen) atoms. The summed E-state index contributed by atoms with van der Waals surface area (Å²) in [6.45, 7) is 3.65. The normalized spacial score (nSPS) is 18.7. The number of rotatable bonds is 12. The maximum atomic E-state index is 14.8. The average molecular weight is 497 g/mol. The van der Waals surface area contributed by atoms with Gasteiger partial charge in [0.15, 0.2) is 11.6 Å². The Kier molecular flexibility index (Phi) is 10.1. The number of hydrogen-bond acceptors (Lipinski definition) is 1. The largest absolute Gasteiger partial charge is 0.386 e. The predicted octanol–water partition coefficient (Wildman–Crippen LogP) is 9.22. The molecule has 0 aromatic heterocycles. The van der Waals surface area contributed by atoms with Crippen LogP contribution in [0, 0.1) is 23.4 Å². The van der Waals surface area contributed by atoms with E-state index in [1.54, 1.807) is 12.1 Å². The van der Waals surface area contributed by atoms with E-state index >= 15 is 0 Å². The summed E-state index contributed by atoms with van der Waals surface area (Å²) in [6.07, 6.45) is 5.57. The second kappa shape index (κ2) is 12.8. The van der Waals surface area contributed by atoms with E-state index in [9.17, 15) is 22.0 Å². The molecule has 0 bridgehead atoms. The van der Waals surface area contributed by atoms with E-state index in [1.165, 1.54) is 31.4 Å². The van der Waals surface area contributed by atoms with E-state index in [0.29, 0.717) is 23.5 Å². The van der Waals surface area contributed by atoms with Crippen molar-refractivity contribution in [1.82, 2.24) is 0 Å². The van der Waals surface area contributed by atoms with E-state index in [0.717, 1.165) is 44.6 Å². The molecule has 0 heterocycles. The lowest BCUT2D eigenvalue weighted by molar-refractivity contribution is -0.249. The van der Waals surface area contributed by atoms with Gasteiger partial charge in [-0.1, -0.05) is 64.2 Å². The summed E-state index contributed by atoms with van der Waals surface area (Å²) in [5.74, 6) is -2.67. The van der Waals surface area contributed by atoms with E-state index in [-0.39, 0.29) is 23.7 Å². The molecule has 0 N–H and O–H groups in total. The number of unbranched alkanes of at least 4 members (excludes halogenated alkanes) is 2. The van der Waals surface area contributed by atoms with Crippen LogP contribution in [0.5, 0.6) is 0 Å².